The van der Waals surface area contributed by atoms with E-state index in [1.165, 1.54) is 7.11 Å². The molecule has 1 N–H and O–H groups in total. The maximum atomic E-state index is 11.5. The zero-order valence-corrected chi connectivity index (χ0v) is 10.4. The Kier molecular flexibility index (Phi) is 4.89. The summed E-state index contributed by atoms with van der Waals surface area (Å²) in [4.78, 5) is 24.5. The number of likely N-dealkylation sites (tertiary alicyclic amines) is 1. The van der Waals surface area contributed by atoms with Crippen molar-refractivity contribution in [3.8, 4) is 0 Å². The molecule has 0 radical (unpaired) electrons. The van der Waals surface area contributed by atoms with Crippen LogP contribution in [0, 0.1) is 0 Å². The van der Waals surface area contributed by atoms with Crippen LogP contribution in [-0.4, -0.2) is 60.4 Å². The predicted molar refractivity (Wildman–Crippen MR) is 59.2 cm³/mol. The third-order valence-electron chi connectivity index (χ3n) is 2.55. The van der Waals surface area contributed by atoms with Crippen molar-refractivity contribution in [2.75, 3.05) is 20.2 Å². The number of aliphatic hydroxyl groups is 1. The zero-order chi connectivity index (χ0) is 13.0. The van der Waals surface area contributed by atoms with Crippen LogP contribution >= 0.6 is 0 Å². The van der Waals surface area contributed by atoms with Crippen molar-refractivity contribution < 1.29 is 24.2 Å². The monoisotopic (exact) mass is 245 g/mol. The molecule has 0 aromatic rings. The lowest BCUT2D eigenvalue weighted by molar-refractivity contribution is -0.152. The molecule has 1 heterocycles. The summed E-state index contributed by atoms with van der Waals surface area (Å²) in [5.41, 5.74) is 0. The van der Waals surface area contributed by atoms with Gasteiger partial charge in [-0.25, -0.2) is 0 Å². The standard InChI is InChI=1S/C11H19NO5/c1-7(2)17-10(14)6-12-5-8(13)4-9(12)11(15)16-3/h7-9,13H,4-6H2,1-3H3. The van der Waals surface area contributed by atoms with Crippen LogP contribution in [0.4, 0.5) is 0 Å². The summed E-state index contributed by atoms with van der Waals surface area (Å²) in [6.45, 7) is 3.80. The quantitative estimate of drug-likeness (QED) is 0.676. The van der Waals surface area contributed by atoms with Crippen LogP contribution in [0.3, 0.4) is 0 Å². The molecule has 0 saturated carbocycles. The van der Waals surface area contributed by atoms with Gasteiger partial charge in [-0.2, -0.15) is 0 Å². The number of carbonyl (C=O) groups is 2. The Labute approximate surface area is 100 Å². The van der Waals surface area contributed by atoms with Gasteiger partial charge in [-0.1, -0.05) is 0 Å². The lowest BCUT2D eigenvalue weighted by atomic mass is 10.2. The molecular weight excluding hydrogens is 226 g/mol. The lowest BCUT2D eigenvalue weighted by Crippen LogP contribution is -2.41. The number of hydrogen-bond acceptors (Lipinski definition) is 6. The van der Waals surface area contributed by atoms with Crippen molar-refractivity contribution in [1.82, 2.24) is 4.90 Å². The van der Waals surface area contributed by atoms with Gasteiger partial charge in [0, 0.05) is 13.0 Å². The van der Waals surface area contributed by atoms with E-state index in [9.17, 15) is 14.7 Å². The Morgan fingerprint density at radius 3 is 2.65 bits per heavy atom. The molecule has 6 heteroatoms. The minimum Gasteiger partial charge on any atom is -0.468 e. The van der Waals surface area contributed by atoms with E-state index in [0.717, 1.165) is 0 Å². The maximum Gasteiger partial charge on any atom is 0.323 e. The number of β-amino-alcohol motifs (C(OH)–C–C–N with tert-alkyl or cyclic N) is 1. The van der Waals surface area contributed by atoms with Crippen molar-refractivity contribution in [3.63, 3.8) is 0 Å². The lowest BCUT2D eigenvalue weighted by Gasteiger charge is -2.21. The summed E-state index contributed by atoms with van der Waals surface area (Å²) in [7, 11) is 1.29. The molecule has 0 aliphatic carbocycles. The molecule has 2 atom stereocenters. The average Bonchev–Trinajstić information content (AvgIpc) is 2.57. The van der Waals surface area contributed by atoms with Crippen LogP contribution in [0.2, 0.25) is 0 Å². The second-order valence-electron chi connectivity index (χ2n) is 4.40. The van der Waals surface area contributed by atoms with Crippen molar-refractivity contribution in [2.45, 2.75) is 38.5 Å². The first-order valence-electron chi connectivity index (χ1n) is 5.63. The number of carbonyl (C=O) groups excluding carboxylic acids is 2. The molecule has 0 amide bonds. The number of nitrogens with zero attached hydrogens (tertiary/aromatic N) is 1. The molecule has 0 spiro atoms. The third-order valence-corrected chi connectivity index (χ3v) is 2.55. The molecule has 6 nitrogen and oxygen atoms in total. The highest BCUT2D eigenvalue weighted by molar-refractivity contribution is 5.78. The van der Waals surface area contributed by atoms with E-state index < -0.39 is 24.1 Å². The van der Waals surface area contributed by atoms with Crippen molar-refractivity contribution in [3.05, 3.63) is 0 Å². The average molecular weight is 245 g/mol. The number of hydrogen-bond donors (Lipinski definition) is 1. The van der Waals surface area contributed by atoms with E-state index in [1.54, 1.807) is 18.7 Å². The molecule has 1 aliphatic rings. The topological polar surface area (TPSA) is 76.1 Å². The molecule has 1 rings (SSSR count). The number of rotatable bonds is 4. The molecule has 0 aromatic carbocycles. The molecule has 98 valence electrons. The third kappa shape index (κ3) is 3.98. The fourth-order valence-corrected chi connectivity index (χ4v) is 1.90. The molecule has 1 fully saturated rings. The number of esters is 2. The van der Waals surface area contributed by atoms with Crippen LogP contribution in [0.5, 0.6) is 0 Å². The van der Waals surface area contributed by atoms with Crippen LogP contribution in [0.1, 0.15) is 20.3 Å². The number of methoxy groups -OCH3 is 1. The van der Waals surface area contributed by atoms with Gasteiger partial charge in [-0.3, -0.25) is 14.5 Å². The Hall–Kier alpha value is -1.14. The van der Waals surface area contributed by atoms with E-state index in [-0.39, 0.29) is 19.2 Å². The summed E-state index contributed by atoms with van der Waals surface area (Å²) in [5, 5.41) is 9.51. The summed E-state index contributed by atoms with van der Waals surface area (Å²) in [6.07, 6.45) is -0.501. The first-order valence-corrected chi connectivity index (χ1v) is 5.63. The largest absolute Gasteiger partial charge is 0.468 e. The predicted octanol–water partition coefficient (Wildman–Crippen LogP) is -0.454. The van der Waals surface area contributed by atoms with Crippen molar-refractivity contribution in [2.24, 2.45) is 0 Å². The molecule has 0 aromatic heterocycles. The summed E-state index contributed by atoms with van der Waals surface area (Å²) in [6, 6.07) is -0.560. The highest BCUT2D eigenvalue weighted by Crippen LogP contribution is 2.18. The van der Waals surface area contributed by atoms with E-state index in [2.05, 4.69) is 4.74 Å². The van der Waals surface area contributed by atoms with E-state index >= 15 is 0 Å². The maximum absolute atomic E-state index is 11.5. The van der Waals surface area contributed by atoms with Gasteiger partial charge in [-0.05, 0) is 13.8 Å². The van der Waals surface area contributed by atoms with Crippen LogP contribution in [0.15, 0.2) is 0 Å². The van der Waals surface area contributed by atoms with Crippen LogP contribution in [-0.2, 0) is 19.1 Å². The molecule has 1 saturated heterocycles. The molecular formula is C11H19NO5. The first-order chi connectivity index (χ1) is 7.93. The van der Waals surface area contributed by atoms with E-state index in [1.807, 2.05) is 0 Å². The number of ether oxygens (including phenoxy) is 2. The van der Waals surface area contributed by atoms with Gasteiger partial charge < -0.3 is 14.6 Å². The second-order valence-corrected chi connectivity index (χ2v) is 4.40. The van der Waals surface area contributed by atoms with Gasteiger partial charge in [0.2, 0.25) is 0 Å². The van der Waals surface area contributed by atoms with Crippen LogP contribution in [0.25, 0.3) is 0 Å². The Morgan fingerprint density at radius 1 is 1.47 bits per heavy atom. The van der Waals surface area contributed by atoms with Gasteiger partial charge >= 0.3 is 11.9 Å². The van der Waals surface area contributed by atoms with Crippen molar-refractivity contribution >= 4 is 11.9 Å². The fourth-order valence-electron chi connectivity index (χ4n) is 1.90. The molecule has 1 aliphatic heterocycles. The SMILES string of the molecule is COC(=O)C1CC(O)CN1CC(=O)OC(C)C. The highest BCUT2D eigenvalue weighted by atomic mass is 16.5. The molecule has 2 unspecified atom stereocenters. The highest BCUT2D eigenvalue weighted by Gasteiger charge is 2.37. The summed E-state index contributed by atoms with van der Waals surface area (Å²) in [5.74, 6) is -0.832. The summed E-state index contributed by atoms with van der Waals surface area (Å²) >= 11 is 0. The summed E-state index contributed by atoms with van der Waals surface area (Å²) < 4.78 is 9.63. The van der Waals surface area contributed by atoms with Gasteiger partial charge in [-0.15, -0.1) is 0 Å². The van der Waals surface area contributed by atoms with Gasteiger partial charge in [0.1, 0.15) is 6.04 Å². The Bertz CT molecular complexity index is 292. The smallest absolute Gasteiger partial charge is 0.323 e. The molecule has 0 bridgehead atoms. The molecule has 17 heavy (non-hydrogen) atoms. The minimum absolute atomic E-state index is 0.00495. The number of aliphatic hydroxyl groups excluding tert-OH is 1. The fraction of sp³-hybridized carbons (Fsp3) is 0.818. The zero-order valence-electron chi connectivity index (χ0n) is 10.4. The Morgan fingerprint density at radius 2 is 2.12 bits per heavy atom. The minimum atomic E-state index is -0.606. The Balaban J connectivity index is 2.55. The normalized spacial score (nSPS) is 25.0. The second kappa shape index (κ2) is 5.97. The van der Waals surface area contributed by atoms with Crippen molar-refractivity contribution in [1.29, 1.82) is 0 Å². The van der Waals surface area contributed by atoms with Gasteiger partial charge in [0.15, 0.2) is 0 Å². The van der Waals surface area contributed by atoms with E-state index in [4.69, 9.17) is 4.74 Å². The van der Waals surface area contributed by atoms with Gasteiger partial charge in [0.05, 0.1) is 25.9 Å². The van der Waals surface area contributed by atoms with E-state index in [0.29, 0.717) is 6.42 Å². The van der Waals surface area contributed by atoms with Gasteiger partial charge in [0.25, 0.3) is 0 Å². The van der Waals surface area contributed by atoms with Crippen LogP contribution < -0.4 is 0 Å². The first kappa shape index (κ1) is 13.9.